The van der Waals surface area contributed by atoms with Gasteiger partial charge in [0.1, 0.15) is 11.6 Å². The average Bonchev–Trinajstić information content (AvgIpc) is 3.16. The number of carbonyl (C=O) groups excluding carboxylic acids is 1. The van der Waals surface area contributed by atoms with Crippen LogP contribution in [0.2, 0.25) is 0 Å². The molecular formula is C20H15N3O4S. The molecule has 2 heterocycles. The van der Waals surface area contributed by atoms with Crippen LogP contribution < -0.4 is 11.1 Å². The van der Waals surface area contributed by atoms with Crippen molar-refractivity contribution in [1.82, 2.24) is 15.0 Å². The molecule has 28 heavy (non-hydrogen) atoms. The first-order valence-corrected chi connectivity index (χ1v) is 9.32. The van der Waals surface area contributed by atoms with Crippen molar-refractivity contribution in [2.75, 3.05) is 0 Å². The van der Waals surface area contributed by atoms with E-state index in [0.717, 1.165) is 10.6 Å². The van der Waals surface area contributed by atoms with E-state index in [-0.39, 0.29) is 12.2 Å². The normalized spacial score (nSPS) is 10.9. The number of hydrogen-bond donors (Lipinski definition) is 2. The van der Waals surface area contributed by atoms with Gasteiger partial charge in [-0.15, -0.1) is 11.3 Å². The van der Waals surface area contributed by atoms with E-state index < -0.39 is 17.1 Å². The van der Waals surface area contributed by atoms with Gasteiger partial charge in [0.25, 0.3) is 0 Å². The lowest BCUT2D eigenvalue weighted by molar-refractivity contribution is 0.0468. The third-order valence-corrected chi connectivity index (χ3v) is 5.10. The molecule has 8 heteroatoms. The number of hydrogen-bond acceptors (Lipinski definition) is 6. The molecule has 0 bridgehead atoms. The number of esters is 1. The molecule has 0 atom stereocenters. The maximum Gasteiger partial charge on any atom is 0.338 e. The largest absolute Gasteiger partial charge is 0.456 e. The minimum absolute atomic E-state index is 0.0430. The van der Waals surface area contributed by atoms with Gasteiger partial charge in [-0.1, -0.05) is 29.8 Å². The molecule has 0 saturated heterocycles. The van der Waals surface area contributed by atoms with Gasteiger partial charge in [0.2, 0.25) is 0 Å². The second-order valence-electron chi connectivity index (χ2n) is 6.25. The smallest absolute Gasteiger partial charge is 0.338 e. The quantitative estimate of drug-likeness (QED) is 0.410. The number of benzene rings is 2. The van der Waals surface area contributed by atoms with Crippen molar-refractivity contribution in [2.45, 2.75) is 13.5 Å². The molecule has 0 amide bonds. The van der Waals surface area contributed by atoms with Gasteiger partial charge >= 0.3 is 17.1 Å². The lowest BCUT2D eigenvalue weighted by Crippen LogP contribution is -2.28. The number of aromatic nitrogens is 3. The van der Waals surface area contributed by atoms with Crippen LogP contribution in [-0.2, 0) is 11.3 Å². The second kappa shape index (κ2) is 7.24. The standard InChI is InChI=1S/C20H15N3O4S/c1-11-2-4-12(5-3-11)19-21-14(10-28-19)9-27-20(26)13-6-7-15-16(8-13)23-18(25)17(24)22-15/h2-8,10H,9H2,1H3,(H,22,24)(H,23,25). The summed E-state index contributed by atoms with van der Waals surface area (Å²) < 4.78 is 5.33. The number of rotatable bonds is 4. The molecule has 140 valence electrons. The average molecular weight is 393 g/mol. The van der Waals surface area contributed by atoms with Gasteiger partial charge in [0, 0.05) is 10.9 Å². The molecule has 0 aliphatic heterocycles. The maximum absolute atomic E-state index is 12.3. The number of nitrogens with one attached hydrogen (secondary N) is 2. The van der Waals surface area contributed by atoms with E-state index in [1.54, 1.807) is 6.07 Å². The first kappa shape index (κ1) is 17.9. The predicted octanol–water partition coefficient (Wildman–Crippen LogP) is 3.01. The molecule has 4 aromatic rings. The Morgan fingerprint density at radius 1 is 1.04 bits per heavy atom. The van der Waals surface area contributed by atoms with Crippen molar-refractivity contribution >= 4 is 28.3 Å². The molecule has 2 aromatic carbocycles. The Morgan fingerprint density at radius 3 is 2.50 bits per heavy atom. The number of carbonyl (C=O) groups is 1. The van der Waals surface area contributed by atoms with E-state index in [2.05, 4.69) is 15.0 Å². The molecule has 0 aliphatic carbocycles. The van der Waals surface area contributed by atoms with Crippen LogP contribution in [0.1, 0.15) is 21.6 Å². The van der Waals surface area contributed by atoms with Gasteiger partial charge in [-0.25, -0.2) is 9.78 Å². The van der Waals surface area contributed by atoms with E-state index in [1.165, 1.54) is 29.0 Å². The Labute approximate surface area is 162 Å². The third-order valence-electron chi connectivity index (χ3n) is 4.16. The highest BCUT2D eigenvalue weighted by Crippen LogP contribution is 2.24. The predicted molar refractivity (Wildman–Crippen MR) is 107 cm³/mol. The summed E-state index contributed by atoms with van der Waals surface area (Å²) >= 11 is 1.48. The van der Waals surface area contributed by atoms with Crippen molar-refractivity contribution < 1.29 is 9.53 Å². The summed E-state index contributed by atoms with van der Waals surface area (Å²) in [5.74, 6) is -0.543. The van der Waals surface area contributed by atoms with E-state index in [0.29, 0.717) is 16.7 Å². The minimum atomic E-state index is -0.774. The van der Waals surface area contributed by atoms with Crippen LogP contribution in [0.4, 0.5) is 0 Å². The summed E-state index contributed by atoms with van der Waals surface area (Å²) in [4.78, 5) is 44.5. The highest BCUT2D eigenvalue weighted by Gasteiger charge is 2.11. The molecule has 0 unspecified atom stereocenters. The lowest BCUT2D eigenvalue weighted by Gasteiger charge is -2.04. The van der Waals surface area contributed by atoms with Crippen LogP contribution in [0, 0.1) is 6.92 Å². The van der Waals surface area contributed by atoms with Crippen LogP contribution >= 0.6 is 11.3 Å². The number of fused-ring (bicyclic) bond motifs is 1. The fourth-order valence-corrected chi connectivity index (χ4v) is 3.48. The van der Waals surface area contributed by atoms with E-state index in [9.17, 15) is 14.4 Å². The van der Waals surface area contributed by atoms with Crippen LogP contribution in [-0.4, -0.2) is 20.9 Å². The van der Waals surface area contributed by atoms with Crippen molar-refractivity contribution in [2.24, 2.45) is 0 Å². The fraction of sp³-hybridized carbons (Fsp3) is 0.100. The Balaban J connectivity index is 1.48. The molecule has 0 spiro atoms. The number of H-pyrrole nitrogens is 2. The number of thiazole rings is 1. The summed E-state index contributed by atoms with van der Waals surface area (Å²) in [6.07, 6.45) is 0. The molecule has 0 aliphatic rings. The highest BCUT2D eigenvalue weighted by molar-refractivity contribution is 7.13. The molecule has 4 rings (SSSR count). The van der Waals surface area contributed by atoms with E-state index >= 15 is 0 Å². The summed E-state index contributed by atoms with van der Waals surface area (Å²) in [6, 6.07) is 12.6. The summed E-state index contributed by atoms with van der Waals surface area (Å²) in [6.45, 7) is 2.07. The van der Waals surface area contributed by atoms with Gasteiger partial charge < -0.3 is 14.7 Å². The molecular weight excluding hydrogens is 378 g/mol. The van der Waals surface area contributed by atoms with Gasteiger partial charge in [-0.05, 0) is 25.1 Å². The van der Waals surface area contributed by atoms with Crippen molar-refractivity contribution in [3.8, 4) is 10.6 Å². The first-order valence-electron chi connectivity index (χ1n) is 8.44. The molecule has 2 N–H and O–H groups in total. The van der Waals surface area contributed by atoms with Gasteiger partial charge in [0.05, 0.1) is 22.3 Å². The topological polar surface area (TPSA) is 105 Å². The van der Waals surface area contributed by atoms with Gasteiger partial charge in [0.15, 0.2) is 0 Å². The Kier molecular flexibility index (Phi) is 4.62. The monoisotopic (exact) mass is 393 g/mol. The van der Waals surface area contributed by atoms with Crippen LogP contribution in [0.3, 0.4) is 0 Å². The summed E-state index contributed by atoms with van der Waals surface area (Å²) in [7, 11) is 0. The SMILES string of the molecule is Cc1ccc(-c2nc(COC(=O)c3ccc4[nH]c(=O)c(=O)[nH]c4c3)cs2)cc1. The Hall–Kier alpha value is -3.52. The fourth-order valence-electron chi connectivity index (χ4n) is 2.67. The maximum atomic E-state index is 12.3. The van der Waals surface area contributed by atoms with Crippen molar-refractivity contribution in [3.63, 3.8) is 0 Å². The zero-order valence-electron chi connectivity index (χ0n) is 14.8. The van der Waals surface area contributed by atoms with Crippen molar-refractivity contribution in [1.29, 1.82) is 0 Å². The Bertz CT molecular complexity index is 1290. The minimum Gasteiger partial charge on any atom is -0.456 e. The van der Waals surface area contributed by atoms with E-state index in [4.69, 9.17) is 4.74 Å². The zero-order valence-corrected chi connectivity index (χ0v) is 15.6. The van der Waals surface area contributed by atoms with Crippen LogP contribution in [0.5, 0.6) is 0 Å². The zero-order chi connectivity index (χ0) is 19.7. The number of aryl methyl sites for hydroxylation is 1. The molecule has 0 fully saturated rings. The van der Waals surface area contributed by atoms with Crippen LogP contribution in [0.25, 0.3) is 21.6 Å². The molecule has 2 aromatic heterocycles. The Morgan fingerprint density at radius 2 is 1.75 bits per heavy atom. The first-order chi connectivity index (χ1) is 13.5. The summed E-state index contributed by atoms with van der Waals surface area (Å²) in [5, 5.41) is 2.71. The third kappa shape index (κ3) is 3.63. The highest BCUT2D eigenvalue weighted by atomic mass is 32.1. The molecule has 7 nitrogen and oxygen atoms in total. The number of aromatic amines is 2. The lowest BCUT2D eigenvalue weighted by atomic mass is 10.2. The van der Waals surface area contributed by atoms with Crippen LogP contribution in [0.15, 0.2) is 57.4 Å². The van der Waals surface area contributed by atoms with Gasteiger partial charge in [-0.3, -0.25) is 9.59 Å². The molecule has 0 saturated carbocycles. The number of ether oxygens (including phenoxy) is 1. The van der Waals surface area contributed by atoms with E-state index in [1.807, 2.05) is 36.6 Å². The molecule has 0 radical (unpaired) electrons. The number of nitrogens with zero attached hydrogens (tertiary/aromatic N) is 1. The summed E-state index contributed by atoms with van der Waals surface area (Å²) in [5.41, 5.74) is 2.39. The van der Waals surface area contributed by atoms with Crippen molar-refractivity contribution in [3.05, 3.63) is 85.4 Å². The van der Waals surface area contributed by atoms with Gasteiger partial charge in [-0.2, -0.15) is 0 Å². The second-order valence-corrected chi connectivity index (χ2v) is 7.11.